The van der Waals surface area contributed by atoms with Gasteiger partial charge in [-0.05, 0) is 24.8 Å². The first-order valence-electron chi connectivity index (χ1n) is 6.56. The van der Waals surface area contributed by atoms with Crippen LogP contribution in [0, 0.1) is 0 Å². The molecule has 1 heteroatoms. The van der Waals surface area contributed by atoms with E-state index in [1.54, 1.807) is 0 Å². The summed E-state index contributed by atoms with van der Waals surface area (Å²) < 4.78 is 0. The summed E-state index contributed by atoms with van der Waals surface area (Å²) in [5.74, 6) is 0.417. The lowest BCUT2D eigenvalue weighted by molar-refractivity contribution is -0.119. The van der Waals surface area contributed by atoms with Gasteiger partial charge in [0.1, 0.15) is 5.78 Å². The molecular formula is C16H22O. The Hall–Kier alpha value is -1.37. The number of allylic oxidation sites excluding steroid dienone is 1. The third-order valence-electron chi connectivity index (χ3n) is 2.75. The lowest BCUT2D eigenvalue weighted by atomic mass is 10.1. The Morgan fingerprint density at radius 3 is 2.53 bits per heavy atom. The van der Waals surface area contributed by atoms with Crippen molar-refractivity contribution in [1.29, 1.82) is 0 Å². The molecule has 1 nitrogen and oxygen atoms in total. The highest BCUT2D eigenvalue weighted by Crippen LogP contribution is 2.06. The fourth-order valence-electron chi connectivity index (χ4n) is 1.70. The van der Waals surface area contributed by atoms with Crippen molar-refractivity contribution in [3.8, 4) is 0 Å². The van der Waals surface area contributed by atoms with E-state index in [0.717, 1.165) is 38.5 Å². The van der Waals surface area contributed by atoms with E-state index < -0.39 is 0 Å². The van der Waals surface area contributed by atoms with Crippen LogP contribution in [0.15, 0.2) is 36.4 Å². The van der Waals surface area contributed by atoms with Crippen LogP contribution in [0.5, 0.6) is 0 Å². The van der Waals surface area contributed by atoms with Crippen LogP contribution in [-0.2, 0) is 4.79 Å². The molecule has 0 N–H and O–H groups in total. The fourth-order valence-corrected chi connectivity index (χ4v) is 1.70. The molecule has 0 saturated carbocycles. The molecule has 0 spiro atoms. The molecule has 17 heavy (non-hydrogen) atoms. The second kappa shape index (κ2) is 8.74. The third kappa shape index (κ3) is 6.72. The normalized spacial score (nSPS) is 10.9. The van der Waals surface area contributed by atoms with Crippen LogP contribution in [0.4, 0.5) is 0 Å². The number of hydrogen-bond donors (Lipinski definition) is 0. The molecule has 1 rings (SSSR count). The average Bonchev–Trinajstić information content (AvgIpc) is 2.37. The Morgan fingerprint density at radius 2 is 1.82 bits per heavy atom. The minimum absolute atomic E-state index is 0.417. The van der Waals surface area contributed by atoms with E-state index in [4.69, 9.17) is 0 Å². The molecule has 1 aromatic rings. The van der Waals surface area contributed by atoms with E-state index in [2.05, 4.69) is 31.2 Å². The largest absolute Gasteiger partial charge is 0.300 e. The van der Waals surface area contributed by atoms with Crippen molar-refractivity contribution < 1.29 is 4.79 Å². The van der Waals surface area contributed by atoms with Crippen LogP contribution in [0.25, 0.3) is 6.08 Å². The summed E-state index contributed by atoms with van der Waals surface area (Å²) in [6.07, 6.45) is 9.90. The van der Waals surface area contributed by atoms with Gasteiger partial charge in [0, 0.05) is 12.8 Å². The lowest BCUT2D eigenvalue weighted by Gasteiger charge is -1.97. The zero-order valence-corrected chi connectivity index (χ0v) is 10.7. The van der Waals surface area contributed by atoms with Crippen molar-refractivity contribution in [2.75, 3.05) is 0 Å². The number of rotatable bonds is 8. The predicted octanol–water partition coefficient (Wildman–Crippen LogP) is 4.63. The minimum Gasteiger partial charge on any atom is -0.300 e. The molecule has 0 radical (unpaired) electrons. The molecule has 0 aliphatic heterocycles. The molecule has 0 saturated heterocycles. The molecule has 0 aliphatic carbocycles. The number of Topliss-reactive ketones (excluding diaryl/α,β-unsaturated/α-hetero) is 1. The summed E-state index contributed by atoms with van der Waals surface area (Å²) in [6.45, 7) is 2.12. The first-order valence-corrected chi connectivity index (χ1v) is 6.56. The Balaban J connectivity index is 2.12. The van der Waals surface area contributed by atoms with E-state index in [9.17, 15) is 4.79 Å². The maximum absolute atomic E-state index is 11.4. The van der Waals surface area contributed by atoms with Gasteiger partial charge in [0.05, 0.1) is 0 Å². The maximum atomic E-state index is 11.4. The first-order chi connectivity index (χ1) is 8.33. The van der Waals surface area contributed by atoms with Gasteiger partial charge in [0.25, 0.3) is 0 Å². The Bertz CT molecular complexity index is 338. The van der Waals surface area contributed by atoms with Gasteiger partial charge in [-0.25, -0.2) is 0 Å². The molecular weight excluding hydrogens is 208 g/mol. The summed E-state index contributed by atoms with van der Waals surface area (Å²) in [7, 11) is 0. The van der Waals surface area contributed by atoms with Gasteiger partial charge in [-0.2, -0.15) is 0 Å². The van der Waals surface area contributed by atoms with E-state index in [0.29, 0.717) is 5.78 Å². The van der Waals surface area contributed by atoms with Crippen molar-refractivity contribution in [1.82, 2.24) is 0 Å². The zero-order chi connectivity index (χ0) is 12.3. The van der Waals surface area contributed by atoms with E-state index in [-0.39, 0.29) is 0 Å². The van der Waals surface area contributed by atoms with Crippen molar-refractivity contribution >= 4 is 11.9 Å². The SMILES string of the molecule is CCCCC(=O)CCC/C=C/c1ccccc1. The summed E-state index contributed by atoms with van der Waals surface area (Å²) in [4.78, 5) is 11.4. The average molecular weight is 230 g/mol. The van der Waals surface area contributed by atoms with Crippen molar-refractivity contribution in [2.45, 2.75) is 45.4 Å². The number of unbranched alkanes of at least 4 members (excludes halogenated alkanes) is 2. The quantitative estimate of drug-likeness (QED) is 0.595. The number of ketones is 1. The molecule has 0 unspecified atom stereocenters. The van der Waals surface area contributed by atoms with Gasteiger partial charge in [-0.1, -0.05) is 55.8 Å². The van der Waals surface area contributed by atoms with Crippen molar-refractivity contribution in [3.05, 3.63) is 42.0 Å². The number of benzene rings is 1. The summed E-state index contributed by atoms with van der Waals surface area (Å²) in [5, 5.41) is 0. The second-order valence-corrected chi connectivity index (χ2v) is 4.35. The lowest BCUT2D eigenvalue weighted by Crippen LogP contribution is -1.96. The van der Waals surface area contributed by atoms with Crippen molar-refractivity contribution in [2.24, 2.45) is 0 Å². The first kappa shape index (κ1) is 13.7. The molecule has 1 aromatic carbocycles. The highest BCUT2D eigenvalue weighted by atomic mass is 16.1. The Labute approximate surface area is 105 Å². The third-order valence-corrected chi connectivity index (χ3v) is 2.75. The van der Waals surface area contributed by atoms with Gasteiger partial charge in [0.2, 0.25) is 0 Å². The minimum atomic E-state index is 0.417. The molecule has 0 fully saturated rings. The summed E-state index contributed by atoms with van der Waals surface area (Å²) in [5.41, 5.74) is 1.23. The molecule has 0 aliphatic rings. The molecule has 0 bridgehead atoms. The van der Waals surface area contributed by atoms with Crippen LogP contribution < -0.4 is 0 Å². The molecule has 92 valence electrons. The zero-order valence-electron chi connectivity index (χ0n) is 10.7. The fraction of sp³-hybridized carbons (Fsp3) is 0.438. The Kier molecular flexibility index (Phi) is 7.04. The predicted molar refractivity (Wildman–Crippen MR) is 73.9 cm³/mol. The smallest absolute Gasteiger partial charge is 0.132 e. The van der Waals surface area contributed by atoms with Crippen LogP contribution >= 0.6 is 0 Å². The van der Waals surface area contributed by atoms with E-state index in [1.165, 1.54) is 5.56 Å². The monoisotopic (exact) mass is 230 g/mol. The highest BCUT2D eigenvalue weighted by molar-refractivity contribution is 5.78. The van der Waals surface area contributed by atoms with Gasteiger partial charge in [0.15, 0.2) is 0 Å². The van der Waals surface area contributed by atoms with E-state index in [1.807, 2.05) is 18.2 Å². The van der Waals surface area contributed by atoms with Gasteiger partial charge in [-0.3, -0.25) is 4.79 Å². The van der Waals surface area contributed by atoms with Gasteiger partial charge in [-0.15, -0.1) is 0 Å². The summed E-state index contributed by atoms with van der Waals surface area (Å²) in [6, 6.07) is 10.3. The summed E-state index contributed by atoms with van der Waals surface area (Å²) >= 11 is 0. The molecule has 0 amide bonds. The topological polar surface area (TPSA) is 17.1 Å². The van der Waals surface area contributed by atoms with Crippen LogP contribution in [0.3, 0.4) is 0 Å². The van der Waals surface area contributed by atoms with Crippen LogP contribution in [0.1, 0.15) is 51.0 Å². The van der Waals surface area contributed by atoms with Crippen LogP contribution in [0.2, 0.25) is 0 Å². The number of carbonyl (C=O) groups is 1. The molecule has 0 aromatic heterocycles. The van der Waals surface area contributed by atoms with Crippen molar-refractivity contribution in [3.63, 3.8) is 0 Å². The van der Waals surface area contributed by atoms with Crippen LogP contribution in [-0.4, -0.2) is 5.78 Å². The molecule has 0 atom stereocenters. The number of hydrogen-bond acceptors (Lipinski definition) is 1. The highest BCUT2D eigenvalue weighted by Gasteiger charge is 1.99. The van der Waals surface area contributed by atoms with Gasteiger partial charge < -0.3 is 0 Å². The maximum Gasteiger partial charge on any atom is 0.132 e. The molecule has 0 heterocycles. The second-order valence-electron chi connectivity index (χ2n) is 4.35. The van der Waals surface area contributed by atoms with Gasteiger partial charge >= 0.3 is 0 Å². The number of carbonyl (C=O) groups excluding carboxylic acids is 1. The Morgan fingerprint density at radius 1 is 1.12 bits per heavy atom. The van der Waals surface area contributed by atoms with E-state index >= 15 is 0 Å². The standard InChI is InChI=1S/C16H22O/c1-2-3-13-16(17)14-9-5-8-12-15-10-6-4-7-11-15/h4,6-8,10-12H,2-3,5,9,13-14H2,1H3/b12-8+.